The molecule has 0 atom stereocenters. The average Bonchev–Trinajstić information content (AvgIpc) is 2.65. The highest BCUT2D eigenvalue weighted by Crippen LogP contribution is 2.13. The Morgan fingerprint density at radius 2 is 1.84 bits per heavy atom. The number of hydrogen-bond acceptors (Lipinski definition) is 2. The van der Waals surface area contributed by atoms with Crippen LogP contribution in [0.2, 0.25) is 5.02 Å². The van der Waals surface area contributed by atoms with Gasteiger partial charge in [0.05, 0.1) is 0 Å². The minimum absolute atomic E-state index is 0.0874. The fourth-order valence-electron chi connectivity index (χ4n) is 2.29. The van der Waals surface area contributed by atoms with E-state index in [-0.39, 0.29) is 5.91 Å². The van der Waals surface area contributed by atoms with Crippen LogP contribution in [-0.2, 0) is 0 Å². The Balaban J connectivity index is 1.98. The van der Waals surface area contributed by atoms with Gasteiger partial charge in [0.25, 0.3) is 5.91 Å². The lowest BCUT2D eigenvalue weighted by Crippen LogP contribution is -2.35. The lowest BCUT2D eigenvalue weighted by molar-refractivity contribution is 0.0762. The molecule has 1 amide bonds. The van der Waals surface area contributed by atoms with Crippen molar-refractivity contribution in [3.8, 4) is 0 Å². The fourth-order valence-corrected chi connectivity index (χ4v) is 2.66. The summed E-state index contributed by atoms with van der Waals surface area (Å²) in [5, 5.41) is 0.653. The zero-order valence-electron chi connectivity index (χ0n) is 10.8. The number of halogens is 2. The van der Waals surface area contributed by atoms with Gasteiger partial charge in [0.1, 0.15) is 0 Å². The van der Waals surface area contributed by atoms with E-state index in [2.05, 4.69) is 4.90 Å². The van der Waals surface area contributed by atoms with Gasteiger partial charge in [0.2, 0.25) is 0 Å². The highest BCUT2D eigenvalue weighted by atomic mass is 35.5. The van der Waals surface area contributed by atoms with E-state index in [1.165, 1.54) is 0 Å². The second kappa shape index (κ2) is 7.13. The van der Waals surface area contributed by atoms with Gasteiger partial charge >= 0.3 is 0 Å². The van der Waals surface area contributed by atoms with Crippen LogP contribution in [0.5, 0.6) is 0 Å². The summed E-state index contributed by atoms with van der Waals surface area (Å²) >= 11 is 11.6. The lowest BCUT2D eigenvalue weighted by Gasteiger charge is -2.21. The van der Waals surface area contributed by atoms with Gasteiger partial charge in [0, 0.05) is 42.6 Å². The first-order valence-corrected chi connectivity index (χ1v) is 7.45. The highest BCUT2D eigenvalue weighted by molar-refractivity contribution is 6.30. The maximum absolute atomic E-state index is 12.4. The molecule has 1 aromatic carbocycles. The molecule has 1 aromatic rings. The van der Waals surface area contributed by atoms with Crippen LogP contribution in [0.15, 0.2) is 24.3 Å². The SMILES string of the molecule is O=C(c1ccc(Cl)cc1)N1CCCN(CCCl)CC1. The molecule has 0 aromatic heterocycles. The van der Waals surface area contributed by atoms with Crippen molar-refractivity contribution in [2.24, 2.45) is 0 Å². The number of hydrogen-bond donors (Lipinski definition) is 0. The molecule has 0 N–H and O–H groups in total. The molecule has 19 heavy (non-hydrogen) atoms. The van der Waals surface area contributed by atoms with Crippen molar-refractivity contribution in [2.45, 2.75) is 6.42 Å². The van der Waals surface area contributed by atoms with E-state index < -0.39 is 0 Å². The van der Waals surface area contributed by atoms with E-state index in [0.29, 0.717) is 16.5 Å². The van der Waals surface area contributed by atoms with Gasteiger partial charge < -0.3 is 9.80 Å². The van der Waals surface area contributed by atoms with Gasteiger partial charge in [-0.05, 0) is 37.2 Å². The van der Waals surface area contributed by atoms with Gasteiger partial charge in [-0.2, -0.15) is 0 Å². The molecule has 0 radical (unpaired) electrons. The van der Waals surface area contributed by atoms with Gasteiger partial charge in [-0.3, -0.25) is 4.79 Å². The first-order chi connectivity index (χ1) is 9.20. The largest absolute Gasteiger partial charge is 0.337 e. The first kappa shape index (κ1) is 14.6. The van der Waals surface area contributed by atoms with E-state index in [4.69, 9.17) is 23.2 Å². The average molecular weight is 301 g/mol. The lowest BCUT2D eigenvalue weighted by atomic mass is 10.2. The molecule has 1 heterocycles. The predicted octanol–water partition coefficient (Wildman–Crippen LogP) is 2.73. The zero-order chi connectivity index (χ0) is 13.7. The van der Waals surface area contributed by atoms with Crippen molar-refractivity contribution in [1.82, 2.24) is 9.80 Å². The number of carbonyl (C=O) groups excluding carboxylic acids is 1. The highest BCUT2D eigenvalue weighted by Gasteiger charge is 2.19. The molecule has 1 saturated heterocycles. The number of rotatable bonds is 3. The van der Waals surface area contributed by atoms with E-state index in [1.54, 1.807) is 24.3 Å². The van der Waals surface area contributed by atoms with Gasteiger partial charge in [-0.15, -0.1) is 11.6 Å². The van der Waals surface area contributed by atoms with Crippen LogP contribution in [0.3, 0.4) is 0 Å². The molecule has 0 aliphatic carbocycles. The molecule has 1 aliphatic heterocycles. The summed E-state index contributed by atoms with van der Waals surface area (Å²) in [4.78, 5) is 16.6. The number of alkyl halides is 1. The van der Waals surface area contributed by atoms with Gasteiger partial charge in [-0.1, -0.05) is 11.6 Å². The van der Waals surface area contributed by atoms with Crippen molar-refractivity contribution in [3.05, 3.63) is 34.9 Å². The number of carbonyl (C=O) groups is 1. The summed E-state index contributed by atoms with van der Waals surface area (Å²) in [6.07, 6.45) is 0.996. The van der Waals surface area contributed by atoms with Crippen molar-refractivity contribution >= 4 is 29.1 Å². The third-order valence-corrected chi connectivity index (χ3v) is 3.79. The van der Waals surface area contributed by atoms with Crippen LogP contribution in [0.1, 0.15) is 16.8 Å². The van der Waals surface area contributed by atoms with E-state index >= 15 is 0 Å². The smallest absolute Gasteiger partial charge is 0.253 e. The third-order valence-electron chi connectivity index (χ3n) is 3.37. The minimum Gasteiger partial charge on any atom is -0.337 e. The Morgan fingerprint density at radius 1 is 1.11 bits per heavy atom. The Bertz CT molecular complexity index is 422. The number of amides is 1. The summed E-state index contributed by atoms with van der Waals surface area (Å²) in [6.45, 7) is 4.37. The number of benzene rings is 1. The van der Waals surface area contributed by atoms with Crippen LogP contribution in [0, 0.1) is 0 Å². The van der Waals surface area contributed by atoms with Gasteiger partial charge in [0.15, 0.2) is 0 Å². The molecule has 0 saturated carbocycles. The second-order valence-electron chi connectivity index (χ2n) is 4.68. The molecule has 0 bridgehead atoms. The number of nitrogens with zero attached hydrogens (tertiary/aromatic N) is 2. The molecule has 1 aliphatic rings. The quantitative estimate of drug-likeness (QED) is 0.802. The zero-order valence-corrected chi connectivity index (χ0v) is 12.3. The monoisotopic (exact) mass is 300 g/mol. The summed E-state index contributed by atoms with van der Waals surface area (Å²) in [6, 6.07) is 7.08. The Morgan fingerprint density at radius 3 is 2.53 bits per heavy atom. The Hall–Kier alpha value is -0.770. The standard InChI is InChI=1S/C14H18Cl2N2O/c15-6-9-17-7-1-8-18(11-10-17)14(19)12-2-4-13(16)5-3-12/h2-5H,1,6-11H2. The molecule has 5 heteroatoms. The van der Waals surface area contributed by atoms with Crippen LogP contribution in [-0.4, -0.2) is 54.3 Å². The van der Waals surface area contributed by atoms with Crippen LogP contribution in [0.25, 0.3) is 0 Å². The molecular weight excluding hydrogens is 283 g/mol. The van der Waals surface area contributed by atoms with Gasteiger partial charge in [-0.25, -0.2) is 0 Å². The van der Waals surface area contributed by atoms with Crippen LogP contribution in [0.4, 0.5) is 0 Å². The normalized spacial score (nSPS) is 17.3. The Kier molecular flexibility index (Phi) is 5.49. The molecule has 2 rings (SSSR count). The molecule has 0 spiro atoms. The fraction of sp³-hybridized carbons (Fsp3) is 0.500. The molecule has 3 nitrogen and oxygen atoms in total. The van der Waals surface area contributed by atoms with Crippen LogP contribution >= 0.6 is 23.2 Å². The second-order valence-corrected chi connectivity index (χ2v) is 5.50. The molecule has 104 valence electrons. The molecule has 1 fully saturated rings. The van der Waals surface area contributed by atoms with Crippen molar-refractivity contribution in [1.29, 1.82) is 0 Å². The molecular formula is C14H18Cl2N2O. The van der Waals surface area contributed by atoms with Crippen LogP contribution < -0.4 is 0 Å². The van der Waals surface area contributed by atoms with Crippen molar-refractivity contribution < 1.29 is 4.79 Å². The summed E-state index contributed by atoms with van der Waals surface area (Å²) in [7, 11) is 0. The summed E-state index contributed by atoms with van der Waals surface area (Å²) in [5.41, 5.74) is 0.704. The van der Waals surface area contributed by atoms with E-state index in [0.717, 1.165) is 39.1 Å². The van der Waals surface area contributed by atoms with E-state index in [9.17, 15) is 4.79 Å². The predicted molar refractivity (Wildman–Crippen MR) is 79.1 cm³/mol. The summed E-state index contributed by atoms with van der Waals surface area (Å²) < 4.78 is 0. The van der Waals surface area contributed by atoms with Crippen molar-refractivity contribution in [2.75, 3.05) is 38.6 Å². The minimum atomic E-state index is 0.0874. The first-order valence-electron chi connectivity index (χ1n) is 6.54. The molecule has 0 unspecified atom stereocenters. The van der Waals surface area contributed by atoms with Crippen molar-refractivity contribution in [3.63, 3.8) is 0 Å². The topological polar surface area (TPSA) is 23.6 Å². The third kappa shape index (κ3) is 4.10. The maximum Gasteiger partial charge on any atom is 0.253 e. The maximum atomic E-state index is 12.4. The Labute approximate surface area is 124 Å². The summed E-state index contributed by atoms with van der Waals surface area (Å²) in [5.74, 6) is 0.731. The van der Waals surface area contributed by atoms with E-state index in [1.807, 2.05) is 4.90 Å².